The van der Waals surface area contributed by atoms with Crippen LogP contribution in [-0.2, 0) is 0 Å². The van der Waals surface area contributed by atoms with Crippen molar-refractivity contribution in [1.82, 2.24) is 0 Å². The summed E-state index contributed by atoms with van der Waals surface area (Å²) in [5.74, 6) is 0. The molecule has 0 spiro atoms. The highest BCUT2D eigenvalue weighted by Gasteiger charge is 2.07. The summed E-state index contributed by atoms with van der Waals surface area (Å²) in [7, 11) is 0. The van der Waals surface area contributed by atoms with Crippen molar-refractivity contribution < 1.29 is 0 Å². The zero-order valence-electron chi connectivity index (χ0n) is 5.83. The van der Waals surface area contributed by atoms with E-state index in [0.29, 0.717) is 6.04 Å². The molecule has 1 aliphatic heterocycles. The van der Waals surface area contributed by atoms with E-state index in [4.69, 9.17) is 0 Å². The Bertz CT molecular complexity index is 148. The average molecular weight is 125 g/mol. The molecule has 0 fully saturated rings. The predicted octanol–water partition coefficient (Wildman–Crippen LogP) is 2.00. The van der Waals surface area contributed by atoms with Gasteiger partial charge in [-0.1, -0.05) is 6.92 Å². The first-order valence-electron chi connectivity index (χ1n) is 3.28. The van der Waals surface area contributed by atoms with Gasteiger partial charge in [0.05, 0.1) is 6.04 Å². The van der Waals surface area contributed by atoms with E-state index in [-0.39, 0.29) is 0 Å². The minimum atomic E-state index is 0.345. The molecule has 1 heterocycles. The van der Waals surface area contributed by atoms with Gasteiger partial charge in [-0.3, -0.25) is 0 Å². The molecule has 1 atom stereocenters. The number of hydrogen-bond donors (Lipinski definition) is 0. The molecule has 1 rings (SSSR count). The summed E-state index contributed by atoms with van der Waals surface area (Å²) >= 11 is 0. The first kappa shape index (κ1) is 6.39. The van der Waals surface area contributed by atoms with Crippen molar-refractivity contribution in [3.8, 4) is 0 Å². The van der Waals surface area contributed by atoms with E-state index in [1.165, 1.54) is 0 Å². The monoisotopic (exact) mass is 125 g/mol. The fraction of sp³-hybridized carbons (Fsp3) is 0.833. The van der Waals surface area contributed by atoms with Crippen LogP contribution < -0.4 is 0 Å². The molecule has 1 unspecified atom stereocenters. The maximum atomic E-state index is 3.87. The highest BCUT2D eigenvalue weighted by atomic mass is 15.4. The molecule has 0 amide bonds. The largest absolute Gasteiger partial charge is 0.166 e. The smallest absolute Gasteiger partial charge is 0.0755 e. The molecule has 0 N–H and O–H groups in total. The molecule has 0 saturated carbocycles. The van der Waals surface area contributed by atoms with Gasteiger partial charge >= 0.3 is 0 Å². The Balaban J connectivity index is 2.55. The van der Waals surface area contributed by atoms with Crippen LogP contribution in [0.1, 0.15) is 26.7 Å². The lowest BCUT2D eigenvalue weighted by molar-refractivity contribution is 0.677. The Morgan fingerprint density at radius 1 is 1.67 bits per heavy atom. The van der Waals surface area contributed by atoms with E-state index >= 15 is 0 Å². The van der Waals surface area contributed by atoms with E-state index in [1.807, 2.05) is 6.92 Å². The lowest BCUT2D eigenvalue weighted by atomic mass is 10.1. The molecule has 0 aromatic rings. The van der Waals surface area contributed by atoms with Crippen LogP contribution in [0.5, 0.6) is 0 Å². The van der Waals surface area contributed by atoms with Crippen LogP contribution in [0, 0.1) is 0 Å². The minimum Gasteiger partial charge on any atom is -0.166 e. The summed E-state index contributed by atoms with van der Waals surface area (Å²) < 4.78 is 0. The van der Waals surface area contributed by atoms with Gasteiger partial charge < -0.3 is 0 Å². The van der Waals surface area contributed by atoms with E-state index in [2.05, 4.69) is 22.4 Å². The first-order valence-corrected chi connectivity index (χ1v) is 3.28. The summed E-state index contributed by atoms with van der Waals surface area (Å²) in [6.07, 6.45) is 1.99. The van der Waals surface area contributed by atoms with Crippen molar-refractivity contribution >= 4 is 5.71 Å². The Kier molecular flexibility index (Phi) is 1.92. The third kappa shape index (κ3) is 1.59. The summed E-state index contributed by atoms with van der Waals surface area (Å²) in [6.45, 7) is 4.14. The SMILES string of the molecule is CCC1=NN=NC(C)C1. The highest BCUT2D eigenvalue weighted by Crippen LogP contribution is 2.08. The van der Waals surface area contributed by atoms with Gasteiger partial charge in [0.15, 0.2) is 0 Å². The van der Waals surface area contributed by atoms with E-state index < -0.39 is 0 Å². The van der Waals surface area contributed by atoms with Crippen LogP contribution in [0.2, 0.25) is 0 Å². The topological polar surface area (TPSA) is 37.1 Å². The number of nitrogens with zero attached hydrogens (tertiary/aromatic N) is 3. The zero-order chi connectivity index (χ0) is 6.69. The Labute approximate surface area is 54.9 Å². The lowest BCUT2D eigenvalue weighted by Crippen LogP contribution is -2.09. The standard InChI is InChI=1S/C6H11N3/c1-3-6-4-5(2)7-9-8-6/h5H,3-4H2,1-2H3. The second-order valence-electron chi connectivity index (χ2n) is 2.28. The van der Waals surface area contributed by atoms with Crippen LogP contribution in [0.15, 0.2) is 15.4 Å². The van der Waals surface area contributed by atoms with E-state index in [9.17, 15) is 0 Å². The minimum absolute atomic E-state index is 0.345. The van der Waals surface area contributed by atoms with E-state index in [0.717, 1.165) is 18.6 Å². The van der Waals surface area contributed by atoms with Crippen molar-refractivity contribution in [2.75, 3.05) is 0 Å². The van der Waals surface area contributed by atoms with Crippen LogP contribution in [0.3, 0.4) is 0 Å². The van der Waals surface area contributed by atoms with Gasteiger partial charge in [-0.2, -0.15) is 5.11 Å². The van der Waals surface area contributed by atoms with Gasteiger partial charge in [0.1, 0.15) is 0 Å². The van der Waals surface area contributed by atoms with Crippen molar-refractivity contribution in [1.29, 1.82) is 0 Å². The quantitative estimate of drug-likeness (QED) is 0.514. The second-order valence-corrected chi connectivity index (χ2v) is 2.28. The van der Waals surface area contributed by atoms with Gasteiger partial charge in [-0.15, -0.1) is 5.10 Å². The average Bonchev–Trinajstić information content (AvgIpc) is 1.88. The molecule has 0 saturated heterocycles. The van der Waals surface area contributed by atoms with E-state index in [1.54, 1.807) is 0 Å². The summed E-state index contributed by atoms with van der Waals surface area (Å²) in [6, 6.07) is 0.345. The Hall–Kier alpha value is -0.730. The highest BCUT2D eigenvalue weighted by molar-refractivity contribution is 5.84. The van der Waals surface area contributed by atoms with Gasteiger partial charge in [0.2, 0.25) is 0 Å². The second kappa shape index (κ2) is 2.71. The fourth-order valence-electron chi connectivity index (χ4n) is 0.815. The molecule has 3 nitrogen and oxygen atoms in total. The van der Waals surface area contributed by atoms with Crippen molar-refractivity contribution in [2.45, 2.75) is 32.7 Å². The molecular weight excluding hydrogens is 114 g/mol. The van der Waals surface area contributed by atoms with Crippen molar-refractivity contribution in [2.24, 2.45) is 15.4 Å². The Morgan fingerprint density at radius 3 is 2.89 bits per heavy atom. The normalized spacial score (nSPS) is 26.0. The molecule has 3 heteroatoms. The number of rotatable bonds is 1. The fourth-order valence-corrected chi connectivity index (χ4v) is 0.815. The van der Waals surface area contributed by atoms with Crippen LogP contribution in [0.4, 0.5) is 0 Å². The van der Waals surface area contributed by atoms with Gasteiger partial charge in [-0.05, 0) is 18.6 Å². The molecule has 9 heavy (non-hydrogen) atoms. The van der Waals surface area contributed by atoms with Gasteiger partial charge in [0, 0.05) is 12.1 Å². The van der Waals surface area contributed by atoms with Crippen LogP contribution >= 0.6 is 0 Å². The Morgan fingerprint density at radius 2 is 2.44 bits per heavy atom. The molecule has 1 aliphatic rings. The van der Waals surface area contributed by atoms with Gasteiger partial charge in [0.25, 0.3) is 0 Å². The zero-order valence-corrected chi connectivity index (χ0v) is 5.83. The maximum absolute atomic E-state index is 3.87. The summed E-state index contributed by atoms with van der Waals surface area (Å²) in [4.78, 5) is 0. The summed E-state index contributed by atoms with van der Waals surface area (Å²) in [5, 5.41) is 11.4. The van der Waals surface area contributed by atoms with Crippen molar-refractivity contribution in [3.05, 3.63) is 0 Å². The molecule has 0 aliphatic carbocycles. The van der Waals surface area contributed by atoms with Crippen LogP contribution in [0.25, 0.3) is 0 Å². The molecular formula is C6H11N3. The van der Waals surface area contributed by atoms with Gasteiger partial charge in [-0.25, -0.2) is 0 Å². The van der Waals surface area contributed by atoms with Crippen LogP contribution in [-0.4, -0.2) is 11.8 Å². The molecule has 0 radical (unpaired) electrons. The lowest BCUT2D eigenvalue weighted by Gasteiger charge is -2.07. The molecule has 0 bridgehead atoms. The molecule has 0 aromatic heterocycles. The molecule has 50 valence electrons. The van der Waals surface area contributed by atoms with Crippen molar-refractivity contribution in [3.63, 3.8) is 0 Å². The number of hydrogen-bond acceptors (Lipinski definition) is 3. The maximum Gasteiger partial charge on any atom is 0.0755 e. The first-order chi connectivity index (χ1) is 4.33. The molecule has 0 aromatic carbocycles. The third-order valence-corrected chi connectivity index (χ3v) is 1.37. The predicted molar refractivity (Wildman–Crippen MR) is 36.7 cm³/mol. The summed E-state index contributed by atoms with van der Waals surface area (Å²) in [5.41, 5.74) is 1.16. The third-order valence-electron chi connectivity index (χ3n) is 1.37.